The van der Waals surface area contributed by atoms with Crippen molar-refractivity contribution in [2.24, 2.45) is 0 Å². The lowest BCUT2D eigenvalue weighted by atomic mass is 10.1. The molecule has 0 fully saturated rings. The number of hydrogen-bond acceptors (Lipinski definition) is 3. The Morgan fingerprint density at radius 3 is 2.47 bits per heavy atom. The van der Waals surface area contributed by atoms with Gasteiger partial charge in [-0.05, 0) is 17.7 Å². The fourth-order valence-corrected chi connectivity index (χ4v) is 1.29. The number of amides is 1. The fraction of sp³-hybridized carbons (Fsp3) is 0.417. The van der Waals surface area contributed by atoms with Gasteiger partial charge < -0.3 is 14.7 Å². The van der Waals surface area contributed by atoms with E-state index in [1.165, 1.54) is 25.1 Å². The maximum atomic E-state index is 12.8. The molecule has 0 aliphatic carbocycles. The third-order valence-corrected chi connectivity index (χ3v) is 2.38. The predicted octanol–water partition coefficient (Wildman–Crippen LogP) is 1.66. The van der Waals surface area contributed by atoms with Crippen LogP contribution in [0.4, 0.5) is 13.2 Å². The number of likely N-dealkylation sites (N-methyl/N-ethyl adjacent to an activating group) is 1. The van der Waals surface area contributed by atoms with Crippen LogP contribution in [0.2, 0.25) is 0 Å². The quantitative estimate of drug-likeness (QED) is 0.910. The van der Waals surface area contributed by atoms with E-state index in [1.807, 2.05) is 0 Å². The number of carbonyl (C=O) groups is 1. The Morgan fingerprint density at radius 1 is 1.37 bits per heavy atom. The number of alkyl halides is 3. The molecule has 0 heterocycles. The van der Waals surface area contributed by atoms with Crippen LogP contribution in [-0.4, -0.2) is 36.6 Å². The summed E-state index contributed by atoms with van der Waals surface area (Å²) in [6.07, 6.45) is -4.61. The van der Waals surface area contributed by atoms with Gasteiger partial charge in [0.25, 0.3) is 5.91 Å². The molecule has 0 atom stereocenters. The van der Waals surface area contributed by atoms with Crippen molar-refractivity contribution in [3.8, 4) is 5.75 Å². The van der Waals surface area contributed by atoms with Gasteiger partial charge in [-0.3, -0.25) is 4.79 Å². The number of aliphatic hydroxyl groups is 1. The summed E-state index contributed by atoms with van der Waals surface area (Å²) >= 11 is 0. The third kappa shape index (κ3) is 4.13. The van der Waals surface area contributed by atoms with Crippen LogP contribution in [0.25, 0.3) is 0 Å². The molecule has 0 aromatic heterocycles. The van der Waals surface area contributed by atoms with Crippen molar-refractivity contribution >= 4 is 5.91 Å². The van der Waals surface area contributed by atoms with Gasteiger partial charge in [0.1, 0.15) is 5.75 Å². The molecule has 1 amide bonds. The zero-order chi connectivity index (χ0) is 14.6. The molecule has 0 saturated heterocycles. The van der Waals surface area contributed by atoms with E-state index in [9.17, 15) is 18.0 Å². The minimum Gasteiger partial charge on any atom is -0.483 e. The van der Waals surface area contributed by atoms with Gasteiger partial charge >= 0.3 is 6.18 Å². The highest BCUT2D eigenvalue weighted by Crippen LogP contribution is 2.36. The molecule has 0 aliphatic rings. The maximum absolute atomic E-state index is 12.8. The molecule has 0 unspecified atom stereocenters. The van der Waals surface area contributed by atoms with Crippen molar-refractivity contribution in [3.05, 3.63) is 29.3 Å². The number of ether oxygens (including phenoxy) is 1. The number of rotatable bonds is 4. The van der Waals surface area contributed by atoms with E-state index in [-0.39, 0.29) is 5.56 Å². The highest BCUT2D eigenvalue weighted by Gasteiger charge is 2.34. The topological polar surface area (TPSA) is 49.8 Å². The van der Waals surface area contributed by atoms with Gasteiger partial charge in [0.05, 0.1) is 12.2 Å². The van der Waals surface area contributed by atoms with Gasteiger partial charge in [-0.1, -0.05) is 6.07 Å². The number of aliphatic hydroxyl groups excluding tert-OH is 1. The number of carbonyl (C=O) groups excluding carboxylic acids is 1. The average Bonchev–Trinajstić information content (AvgIpc) is 2.34. The Balaban J connectivity index is 2.97. The lowest BCUT2D eigenvalue weighted by Crippen LogP contribution is -2.28. The summed E-state index contributed by atoms with van der Waals surface area (Å²) in [6, 6.07) is 3.21. The summed E-state index contributed by atoms with van der Waals surface area (Å²) in [4.78, 5) is 12.5. The number of benzene rings is 1. The second-order valence-corrected chi connectivity index (χ2v) is 4.06. The first-order chi connectivity index (χ1) is 8.75. The molecule has 7 heteroatoms. The standard InChI is InChI=1S/C12H14F3NO3/c1-16(2)11(18)7-19-10-4-3-8(6-17)5-9(10)12(13,14)15/h3-5,17H,6-7H2,1-2H3. The Morgan fingerprint density at radius 2 is 2.00 bits per heavy atom. The van der Waals surface area contributed by atoms with Crippen molar-refractivity contribution in [2.45, 2.75) is 12.8 Å². The molecule has 1 aromatic rings. The number of halogens is 3. The second-order valence-electron chi connectivity index (χ2n) is 4.06. The molecule has 1 aromatic carbocycles. The second kappa shape index (κ2) is 5.92. The minimum atomic E-state index is -4.61. The summed E-state index contributed by atoms with van der Waals surface area (Å²) in [5.41, 5.74) is -0.885. The summed E-state index contributed by atoms with van der Waals surface area (Å²) in [7, 11) is 2.95. The van der Waals surface area contributed by atoms with E-state index >= 15 is 0 Å². The van der Waals surface area contributed by atoms with Gasteiger partial charge in [-0.15, -0.1) is 0 Å². The predicted molar refractivity (Wildman–Crippen MR) is 61.6 cm³/mol. The Labute approximate surface area is 108 Å². The molecule has 106 valence electrons. The Kier molecular flexibility index (Phi) is 4.77. The summed E-state index contributed by atoms with van der Waals surface area (Å²) < 4.78 is 43.3. The van der Waals surface area contributed by atoms with Crippen LogP contribution in [0.1, 0.15) is 11.1 Å². The normalized spacial score (nSPS) is 11.3. The summed E-state index contributed by atoms with van der Waals surface area (Å²) in [6.45, 7) is -0.978. The van der Waals surface area contributed by atoms with E-state index < -0.39 is 36.6 Å². The van der Waals surface area contributed by atoms with E-state index in [0.717, 1.165) is 12.1 Å². The van der Waals surface area contributed by atoms with Gasteiger partial charge in [-0.2, -0.15) is 13.2 Å². The van der Waals surface area contributed by atoms with Crippen LogP contribution >= 0.6 is 0 Å². The van der Waals surface area contributed by atoms with Crippen LogP contribution in [0.15, 0.2) is 18.2 Å². The molecular weight excluding hydrogens is 263 g/mol. The van der Waals surface area contributed by atoms with E-state index in [1.54, 1.807) is 0 Å². The monoisotopic (exact) mass is 277 g/mol. The van der Waals surface area contributed by atoms with Crippen LogP contribution in [0.5, 0.6) is 5.75 Å². The van der Waals surface area contributed by atoms with Crippen molar-refractivity contribution < 1.29 is 27.8 Å². The van der Waals surface area contributed by atoms with E-state index in [4.69, 9.17) is 9.84 Å². The van der Waals surface area contributed by atoms with Crippen LogP contribution in [-0.2, 0) is 17.6 Å². The van der Waals surface area contributed by atoms with E-state index in [0.29, 0.717) is 0 Å². The number of nitrogens with zero attached hydrogens (tertiary/aromatic N) is 1. The smallest absolute Gasteiger partial charge is 0.419 e. The summed E-state index contributed by atoms with van der Waals surface area (Å²) in [5, 5.41) is 8.84. The third-order valence-electron chi connectivity index (χ3n) is 2.38. The van der Waals surface area contributed by atoms with Crippen molar-refractivity contribution in [3.63, 3.8) is 0 Å². The maximum Gasteiger partial charge on any atom is 0.419 e. The van der Waals surface area contributed by atoms with Crippen molar-refractivity contribution in [1.82, 2.24) is 4.90 Å². The largest absolute Gasteiger partial charge is 0.483 e. The highest BCUT2D eigenvalue weighted by molar-refractivity contribution is 5.77. The lowest BCUT2D eigenvalue weighted by Gasteiger charge is -2.16. The molecule has 0 radical (unpaired) electrons. The Hall–Kier alpha value is -1.76. The average molecular weight is 277 g/mol. The zero-order valence-corrected chi connectivity index (χ0v) is 10.5. The molecule has 19 heavy (non-hydrogen) atoms. The fourth-order valence-electron chi connectivity index (χ4n) is 1.29. The SMILES string of the molecule is CN(C)C(=O)COc1ccc(CO)cc1C(F)(F)F. The van der Waals surface area contributed by atoms with Crippen LogP contribution in [0.3, 0.4) is 0 Å². The van der Waals surface area contributed by atoms with Crippen LogP contribution < -0.4 is 4.74 Å². The molecular formula is C12H14F3NO3. The first kappa shape index (κ1) is 15.3. The van der Waals surface area contributed by atoms with Gasteiger partial charge in [0, 0.05) is 14.1 Å². The van der Waals surface area contributed by atoms with Gasteiger partial charge in [0.15, 0.2) is 6.61 Å². The molecule has 4 nitrogen and oxygen atoms in total. The van der Waals surface area contributed by atoms with Gasteiger partial charge in [0.2, 0.25) is 0 Å². The molecule has 0 bridgehead atoms. The zero-order valence-electron chi connectivity index (χ0n) is 10.5. The van der Waals surface area contributed by atoms with Crippen molar-refractivity contribution in [1.29, 1.82) is 0 Å². The minimum absolute atomic E-state index is 0.124. The summed E-state index contributed by atoms with van der Waals surface area (Å²) in [5.74, 6) is -0.876. The highest BCUT2D eigenvalue weighted by atomic mass is 19.4. The lowest BCUT2D eigenvalue weighted by molar-refractivity contribution is -0.140. The first-order valence-electron chi connectivity index (χ1n) is 5.39. The van der Waals surface area contributed by atoms with Crippen molar-refractivity contribution in [2.75, 3.05) is 20.7 Å². The first-order valence-corrected chi connectivity index (χ1v) is 5.39. The Bertz CT molecular complexity index is 458. The van der Waals surface area contributed by atoms with Crippen LogP contribution in [0, 0.1) is 0 Å². The molecule has 1 N–H and O–H groups in total. The van der Waals surface area contributed by atoms with E-state index in [2.05, 4.69) is 0 Å². The number of hydrogen-bond donors (Lipinski definition) is 1. The molecule has 0 aliphatic heterocycles. The molecule has 0 saturated carbocycles. The molecule has 0 spiro atoms. The van der Waals surface area contributed by atoms with Gasteiger partial charge in [-0.25, -0.2) is 0 Å². The molecule has 1 rings (SSSR count).